The molecular formula is C20H24ClF2N2O7P. The fourth-order valence-electron chi connectivity index (χ4n) is 2.88. The first-order valence-electron chi connectivity index (χ1n) is 9.84. The molecule has 9 nitrogen and oxygen atoms in total. The summed E-state index contributed by atoms with van der Waals surface area (Å²) in [7, 11) is -2.40. The van der Waals surface area contributed by atoms with E-state index in [0.717, 1.165) is 22.9 Å². The summed E-state index contributed by atoms with van der Waals surface area (Å²) < 4.78 is 60.4. The van der Waals surface area contributed by atoms with Gasteiger partial charge in [0, 0.05) is 18.0 Å². The van der Waals surface area contributed by atoms with Crippen LogP contribution >= 0.6 is 19.1 Å². The Kier molecular flexibility index (Phi) is 9.54. The van der Waals surface area contributed by atoms with Gasteiger partial charge in [0.1, 0.15) is 17.3 Å². The van der Waals surface area contributed by atoms with E-state index in [1.165, 1.54) is 32.4 Å². The lowest BCUT2D eigenvalue weighted by Gasteiger charge is -2.33. The maximum absolute atomic E-state index is 15.6. The molecule has 1 aromatic carbocycles. The molecule has 0 bridgehead atoms. The standard InChI is InChI=1S/C20H24ClF2N2O7P/c1-24(12-4-3-11-21)33(29,31-14-17-9-10-18(32-17)25(27)28)20(22,23)16-7-5-15(6-8-16)13-19(26)30-2/h5-10H,3-4,11-14H2,1-2H3. The Morgan fingerprint density at radius 3 is 2.45 bits per heavy atom. The second-order valence-electron chi connectivity index (χ2n) is 7.06. The molecular weight excluding hydrogens is 485 g/mol. The van der Waals surface area contributed by atoms with Crippen LogP contribution in [0.2, 0.25) is 0 Å². The first-order chi connectivity index (χ1) is 15.5. The van der Waals surface area contributed by atoms with Gasteiger partial charge in [0.05, 0.1) is 19.6 Å². The maximum atomic E-state index is 15.6. The first kappa shape index (κ1) is 26.9. The highest BCUT2D eigenvalue weighted by atomic mass is 35.5. The van der Waals surface area contributed by atoms with Crippen LogP contribution in [0.4, 0.5) is 14.7 Å². The number of nitro groups is 1. The van der Waals surface area contributed by atoms with E-state index in [1.54, 1.807) is 0 Å². The second kappa shape index (κ2) is 11.7. The van der Waals surface area contributed by atoms with Crippen LogP contribution < -0.4 is 0 Å². The van der Waals surface area contributed by atoms with Crippen LogP contribution in [0.5, 0.6) is 0 Å². The van der Waals surface area contributed by atoms with Crippen LogP contribution in [0, 0.1) is 10.1 Å². The summed E-state index contributed by atoms with van der Waals surface area (Å²) in [6, 6.07) is 7.00. The second-order valence-corrected chi connectivity index (χ2v) is 9.98. The quantitative estimate of drug-likeness (QED) is 0.0893. The molecule has 0 aliphatic carbocycles. The van der Waals surface area contributed by atoms with E-state index in [-0.39, 0.29) is 18.7 Å². The van der Waals surface area contributed by atoms with E-state index >= 15 is 8.78 Å². The van der Waals surface area contributed by atoms with Crippen molar-refractivity contribution < 1.29 is 36.7 Å². The van der Waals surface area contributed by atoms with E-state index in [1.807, 2.05) is 0 Å². The van der Waals surface area contributed by atoms with Crippen molar-refractivity contribution in [3.8, 4) is 0 Å². The number of ether oxygens (including phenoxy) is 1. The van der Waals surface area contributed by atoms with Crippen LogP contribution in [0.3, 0.4) is 0 Å². The lowest BCUT2D eigenvalue weighted by Crippen LogP contribution is -2.29. The highest BCUT2D eigenvalue weighted by Crippen LogP contribution is 2.68. The number of benzene rings is 1. The fraction of sp³-hybridized carbons (Fsp3) is 0.450. The molecule has 1 unspecified atom stereocenters. The molecule has 0 aliphatic heterocycles. The number of hydrogen-bond donors (Lipinski definition) is 0. The molecule has 13 heteroatoms. The Bertz CT molecular complexity index is 1000. The number of esters is 1. The lowest BCUT2D eigenvalue weighted by atomic mass is 10.1. The van der Waals surface area contributed by atoms with Gasteiger partial charge in [0.2, 0.25) is 0 Å². The van der Waals surface area contributed by atoms with Gasteiger partial charge in [-0.1, -0.05) is 24.3 Å². The molecule has 0 fully saturated rings. The number of unbranched alkanes of at least 4 members (excludes halogenated alkanes) is 1. The zero-order valence-corrected chi connectivity index (χ0v) is 19.7. The van der Waals surface area contributed by atoms with Crippen molar-refractivity contribution in [2.45, 2.75) is 31.5 Å². The van der Waals surface area contributed by atoms with Gasteiger partial charge in [-0.2, -0.15) is 8.78 Å². The predicted molar refractivity (Wildman–Crippen MR) is 116 cm³/mol. The minimum absolute atomic E-state index is 0.0122. The molecule has 1 aromatic heterocycles. The van der Waals surface area contributed by atoms with Crippen LogP contribution in [-0.2, 0) is 37.3 Å². The highest BCUT2D eigenvalue weighted by Gasteiger charge is 2.56. The van der Waals surface area contributed by atoms with E-state index in [0.29, 0.717) is 24.3 Å². The molecule has 0 aliphatic rings. The molecule has 182 valence electrons. The Hall–Kier alpha value is -2.33. The van der Waals surface area contributed by atoms with Gasteiger partial charge in [-0.05, 0) is 31.5 Å². The summed E-state index contributed by atoms with van der Waals surface area (Å²) in [5.74, 6) is -0.935. The molecule has 1 atom stereocenters. The Morgan fingerprint density at radius 2 is 1.91 bits per heavy atom. The maximum Gasteiger partial charge on any atom is 0.433 e. The van der Waals surface area contributed by atoms with Gasteiger partial charge in [-0.25, -0.2) is 4.67 Å². The van der Waals surface area contributed by atoms with E-state index in [4.69, 9.17) is 20.5 Å². The number of alkyl halides is 3. The Morgan fingerprint density at radius 1 is 1.24 bits per heavy atom. The first-order valence-corrected chi connectivity index (χ1v) is 12.0. The van der Waals surface area contributed by atoms with Crippen molar-refractivity contribution in [2.75, 3.05) is 26.6 Å². The molecule has 1 heterocycles. The van der Waals surface area contributed by atoms with Gasteiger partial charge < -0.3 is 13.7 Å². The smallest absolute Gasteiger partial charge is 0.433 e. The minimum Gasteiger partial charge on any atom is -0.469 e. The minimum atomic E-state index is -4.87. The van der Waals surface area contributed by atoms with Crippen LogP contribution in [0.25, 0.3) is 0 Å². The van der Waals surface area contributed by atoms with E-state index in [2.05, 4.69) is 4.74 Å². The number of methoxy groups -OCH3 is 1. The third-order valence-corrected chi connectivity index (χ3v) is 7.57. The van der Waals surface area contributed by atoms with Gasteiger partial charge in [-0.15, -0.1) is 11.6 Å². The molecule has 0 saturated heterocycles. The highest BCUT2D eigenvalue weighted by molar-refractivity contribution is 7.57. The van der Waals surface area contributed by atoms with Crippen molar-refractivity contribution in [2.24, 2.45) is 0 Å². The summed E-state index contributed by atoms with van der Waals surface area (Å²) >= 11 is 5.65. The van der Waals surface area contributed by atoms with Gasteiger partial charge in [0.25, 0.3) is 0 Å². The van der Waals surface area contributed by atoms with Gasteiger partial charge in [-0.3, -0.25) is 19.5 Å². The zero-order chi connectivity index (χ0) is 24.6. The van der Waals surface area contributed by atoms with Crippen LogP contribution in [-0.4, -0.2) is 42.1 Å². The van der Waals surface area contributed by atoms with Gasteiger partial charge >= 0.3 is 25.0 Å². The van der Waals surface area contributed by atoms with Crippen LogP contribution in [0.15, 0.2) is 40.8 Å². The zero-order valence-electron chi connectivity index (χ0n) is 18.0. The molecule has 0 N–H and O–H groups in total. The molecule has 33 heavy (non-hydrogen) atoms. The number of nitrogens with zero attached hydrogens (tertiary/aromatic N) is 2. The van der Waals surface area contributed by atoms with E-state index < -0.39 is 42.1 Å². The average molecular weight is 509 g/mol. The van der Waals surface area contributed by atoms with Crippen molar-refractivity contribution in [3.63, 3.8) is 0 Å². The Labute approximate surface area is 194 Å². The van der Waals surface area contributed by atoms with E-state index in [9.17, 15) is 19.5 Å². The summed E-state index contributed by atoms with van der Waals surface area (Å²) in [5.41, 5.74) is -4.07. The van der Waals surface area contributed by atoms with Gasteiger partial charge in [0.15, 0.2) is 0 Å². The SMILES string of the molecule is COC(=O)Cc1ccc(C(F)(F)P(=O)(OCc2ccc([N+](=O)[O-])o2)N(C)CCCCCl)cc1. The third-order valence-electron chi connectivity index (χ3n) is 4.76. The van der Waals surface area contributed by atoms with Crippen molar-refractivity contribution in [1.29, 1.82) is 0 Å². The monoisotopic (exact) mass is 508 g/mol. The molecule has 0 radical (unpaired) electrons. The summed E-state index contributed by atoms with van der Waals surface area (Å²) in [4.78, 5) is 21.4. The fourth-order valence-corrected chi connectivity index (χ4v) is 5.04. The topological polar surface area (TPSA) is 112 Å². The summed E-state index contributed by atoms with van der Waals surface area (Å²) in [5, 5.41) is 10.8. The molecule has 0 amide bonds. The van der Waals surface area contributed by atoms with Crippen LogP contribution in [0.1, 0.15) is 29.7 Å². The third kappa shape index (κ3) is 6.60. The Balaban J connectivity index is 2.32. The largest absolute Gasteiger partial charge is 0.469 e. The average Bonchev–Trinajstić information content (AvgIpc) is 3.27. The number of hydrogen-bond acceptors (Lipinski definition) is 7. The normalized spacial score (nSPS) is 13.6. The molecule has 2 aromatic rings. The number of halogens is 3. The lowest BCUT2D eigenvalue weighted by molar-refractivity contribution is -0.402. The number of rotatable bonds is 13. The molecule has 0 spiro atoms. The van der Waals surface area contributed by atoms with Crippen molar-refractivity contribution in [3.05, 3.63) is 63.4 Å². The molecule has 0 saturated carbocycles. The number of furan rings is 1. The summed E-state index contributed by atoms with van der Waals surface area (Å²) in [6.45, 7) is -0.653. The van der Waals surface area contributed by atoms with Crippen molar-refractivity contribution in [1.82, 2.24) is 4.67 Å². The predicted octanol–water partition coefficient (Wildman–Crippen LogP) is 5.31. The summed E-state index contributed by atoms with van der Waals surface area (Å²) in [6.07, 6.45) is 0.809. The number of carbonyl (C=O) groups is 1. The van der Waals surface area contributed by atoms with Crippen molar-refractivity contribution >= 4 is 31.0 Å². The molecule has 2 rings (SSSR count). The number of carbonyl (C=O) groups excluding carboxylic acids is 1.